The number of aliphatic hydroxyl groups excluding tert-OH is 1. The minimum absolute atomic E-state index is 0.0194. The second kappa shape index (κ2) is 6.86. The van der Waals surface area contributed by atoms with E-state index in [1.165, 1.54) is 11.3 Å². The molecule has 0 spiro atoms. The van der Waals surface area contributed by atoms with Crippen molar-refractivity contribution in [3.05, 3.63) is 11.1 Å². The van der Waals surface area contributed by atoms with E-state index in [1.54, 1.807) is 4.90 Å². The largest absolute Gasteiger partial charge is 0.396 e. The zero-order valence-corrected chi connectivity index (χ0v) is 12.9. The third kappa shape index (κ3) is 6.02. The summed E-state index contributed by atoms with van der Waals surface area (Å²) in [5.41, 5.74) is 0.920. The Morgan fingerprint density at radius 1 is 1.53 bits per heavy atom. The van der Waals surface area contributed by atoms with Gasteiger partial charge >= 0.3 is 6.03 Å². The highest BCUT2D eigenvalue weighted by Crippen LogP contribution is 2.18. The predicted octanol–water partition coefficient (Wildman–Crippen LogP) is 2.71. The number of carbonyl (C=O) groups excluding carboxylic acids is 1. The number of nitrogens with zero attached hydrogens (tertiary/aromatic N) is 2. The number of anilines is 1. The van der Waals surface area contributed by atoms with Crippen molar-refractivity contribution in [3.8, 4) is 0 Å². The lowest BCUT2D eigenvalue weighted by molar-refractivity contribution is 0.176. The minimum atomic E-state index is -0.155. The van der Waals surface area contributed by atoms with Crippen LogP contribution in [-0.4, -0.2) is 40.7 Å². The fourth-order valence-electron chi connectivity index (χ4n) is 1.67. The molecule has 6 heteroatoms. The number of hydrogen-bond acceptors (Lipinski definition) is 4. The van der Waals surface area contributed by atoms with Gasteiger partial charge in [0, 0.05) is 25.1 Å². The van der Waals surface area contributed by atoms with Crippen molar-refractivity contribution in [2.75, 3.05) is 25.0 Å². The van der Waals surface area contributed by atoms with E-state index < -0.39 is 0 Å². The maximum absolute atomic E-state index is 12.2. The summed E-state index contributed by atoms with van der Waals surface area (Å²) in [7, 11) is 0. The fourth-order valence-corrected chi connectivity index (χ4v) is 2.35. The molecule has 0 unspecified atom stereocenters. The number of nitrogens with one attached hydrogen (secondary N) is 1. The van der Waals surface area contributed by atoms with E-state index in [2.05, 4.69) is 31.1 Å². The van der Waals surface area contributed by atoms with Crippen LogP contribution in [0.25, 0.3) is 0 Å². The number of carbonyl (C=O) groups is 1. The van der Waals surface area contributed by atoms with Crippen molar-refractivity contribution in [2.45, 2.75) is 34.1 Å². The van der Waals surface area contributed by atoms with Crippen LogP contribution < -0.4 is 5.32 Å². The Morgan fingerprint density at radius 3 is 2.68 bits per heavy atom. The first kappa shape index (κ1) is 15.9. The lowest BCUT2D eigenvalue weighted by Gasteiger charge is -2.29. The average Bonchev–Trinajstić information content (AvgIpc) is 2.68. The molecule has 0 aliphatic heterocycles. The average molecular weight is 285 g/mol. The highest BCUT2D eigenvalue weighted by molar-refractivity contribution is 7.13. The van der Waals surface area contributed by atoms with Crippen LogP contribution in [0.15, 0.2) is 5.38 Å². The second-order valence-corrected chi connectivity index (χ2v) is 6.64. The molecule has 2 N–H and O–H groups in total. The molecule has 5 nitrogen and oxygen atoms in total. The van der Waals surface area contributed by atoms with Gasteiger partial charge in [-0.25, -0.2) is 9.78 Å². The molecule has 0 saturated carbocycles. The molecular formula is C13H23N3O2S. The highest BCUT2D eigenvalue weighted by Gasteiger charge is 2.21. The number of aryl methyl sites for hydroxylation is 1. The summed E-state index contributed by atoms with van der Waals surface area (Å²) in [6, 6.07) is -0.155. The third-order valence-corrected chi connectivity index (χ3v) is 3.25. The Balaban J connectivity index is 2.65. The van der Waals surface area contributed by atoms with Gasteiger partial charge < -0.3 is 10.0 Å². The summed E-state index contributed by atoms with van der Waals surface area (Å²) in [6.07, 6.45) is 0.584. The lowest BCUT2D eigenvalue weighted by atomic mass is 9.96. The van der Waals surface area contributed by atoms with Gasteiger partial charge in [-0.05, 0) is 18.8 Å². The van der Waals surface area contributed by atoms with E-state index in [1.807, 2.05) is 12.3 Å². The highest BCUT2D eigenvalue weighted by atomic mass is 32.1. The molecule has 19 heavy (non-hydrogen) atoms. The number of thiazole rings is 1. The van der Waals surface area contributed by atoms with E-state index in [0.29, 0.717) is 24.6 Å². The Kier molecular flexibility index (Phi) is 5.75. The molecule has 2 amide bonds. The van der Waals surface area contributed by atoms with Gasteiger partial charge in [-0.15, -0.1) is 11.3 Å². The van der Waals surface area contributed by atoms with E-state index in [4.69, 9.17) is 5.11 Å². The summed E-state index contributed by atoms with van der Waals surface area (Å²) in [6.45, 7) is 9.42. The molecule has 108 valence electrons. The number of urea groups is 1. The molecule has 0 fully saturated rings. The maximum Gasteiger partial charge on any atom is 0.323 e. The Labute approximate surface area is 118 Å². The van der Waals surface area contributed by atoms with Gasteiger partial charge in [0.05, 0.1) is 5.69 Å². The zero-order valence-electron chi connectivity index (χ0n) is 12.1. The van der Waals surface area contributed by atoms with Crippen LogP contribution in [0.5, 0.6) is 0 Å². The lowest BCUT2D eigenvalue weighted by Crippen LogP contribution is -2.41. The van der Waals surface area contributed by atoms with E-state index in [0.717, 1.165) is 5.69 Å². The smallest absolute Gasteiger partial charge is 0.323 e. The van der Waals surface area contributed by atoms with Crippen LogP contribution in [0.2, 0.25) is 0 Å². The topological polar surface area (TPSA) is 65.5 Å². The number of aliphatic hydroxyl groups is 1. The summed E-state index contributed by atoms with van der Waals surface area (Å²) >= 11 is 1.42. The molecule has 1 rings (SSSR count). The number of rotatable bonds is 5. The third-order valence-electron chi connectivity index (χ3n) is 2.37. The first-order valence-electron chi connectivity index (χ1n) is 6.41. The number of aromatic nitrogens is 1. The van der Waals surface area contributed by atoms with E-state index in [-0.39, 0.29) is 18.1 Å². The molecule has 0 bridgehead atoms. The normalized spacial score (nSPS) is 11.4. The van der Waals surface area contributed by atoms with E-state index in [9.17, 15) is 4.79 Å². The van der Waals surface area contributed by atoms with Crippen LogP contribution in [0.3, 0.4) is 0 Å². The number of amides is 2. The van der Waals surface area contributed by atoms with Gasteiger partial charge in [-0.2, -0.15) is 0 Å². The predicted molar refractivity (Wildman–Crippen MR) is 78.6 cm³/mol. The molecule has 1 heterocycles. The molecule has 0 radical (unpaired) electrons. The molecule has 0 aliphatic carbocycles. The quantitative estimate of drug-likeness (QED) is 0.874. The molecule has 0 aliphatic rings. The maximum atomic E-state index is 12.2. The molecule has 1 aromatic heterocycles. The van der Waals surface area contributed by atoms with E-state index >= 15 is 0 Å². The number of hydrogen-bond donors (Lipinski definition) is 2. The van der Waals surface area contributed by atoms with Crippen LogP contribution in [0.1, 0.15) is 32.9 Å². The van der Waals surface area contributed by atoms with Gasteiger partial charge in [0.25, 0.3) is 0 Å². The SMILES string of the molecule is Cc1csc(NC(=O)N(CCCO)CC(C)(C)C)n1. The van der Waals surface area contributed by atoms with Crippen LogP contribution in [-0.2, 0) is 0 Å². The summed E-state index contributed by atoms with van der Waals surface area (Å²) in [4.78, 5) is 18.2. The van der Waals surface area contributed by atoms with Crippen molar-refractivity contribution < 1.29 is 9.90 Å². The van der Waals surface area contributed by atoms with Gasteiger partial charge in [-0.3, -0.25) is 5.32 Å². The summed E-state index contributed by atoms with van der Waals surface area (Å²) < 4.78 is 0. The van der Waals surface area contributed by atoms with Gasteiger partial charge in [0.1, 0.15) is 0 Å². The van der Waals surface area contributed by atoms with Gasteiger partial charge in [0.15, 0.2) is 5.13 Å². The van der Waals surface area contributed by atoms with Crippen molar-refractivity contribution in [1.29, 1.82) is 0 Å². The van der Waals surface area contributed by atoms with Crippen LogP contribution in [0.4, 0.5) is 9.93 Å². The van der Waals surface area contributed by atoms with Crippen molar-refractivity contribution in [1.82, 2.24) is 9.88 Å². The monoisotopic (exact) mass is 285 g/mol. The second-order valence-electron chi connectivity index (χ2n) is 5.78. The first-order valence-corrected chi connectivity index (χ1v) is 7.29. The van der Waals surface area contributed by atoms with Crippen LogP contribution in [0, 0.1) is 12.3 Å². The van der Waals surface area contributed by atoms with Crippen molar-refractivity contribution in [3.63, 3.8) is 0 Å². The standard InChI is InChI=1S/C13H23N3O2S/c1-10-8-19-11(14-10)15-12(18)16(6-5-7-17)9-13(2,3)4/h8,17H,5-7,9H2,1-4H3,(H,14,15,18). The Morgan fingerprint density at radius 2 is 2.21 bits per heavy atom. The van der Waals surface area contributed by atoms with Crippen molar-refractivity contribution in [2.24, 2.45) is 5.41 Å². The summed E-state index contributed by atoms with van der Waals surface area (Å²) in [5, 5.41) is 14.2. The molecule has 0 atom stereocenters. The van der Waals surface area contributed by atoms with Crippen molar-refractivity contribution >= 4 is 22.5 Å². The summed E-state index contributed by atoms with van der Waals surface area (Å²) in [5.74, 6) is 0. The minimum Gasteiger partial charge on any atom is -0.396 e. The van der Waals surface area contributed by atoms with Crippen LogP contribution >= 0.6 is 11.3 Å². The zero-order chi connectivity index (χ0) is 14.5. The van der Waals surface area contributed by atoms with Gasteiger partial charge in [0.2, 0.25) is 0 Å². The fraction of sp³-hybridized carbons (Fsp3) is 0.692. The molecular weight excluding hydrogens is 262 g/mol. The Hall–Kier alpha value is -1.14. The molecule has 0 aromatic carbocycles. The first-order chi connectivity index (χ1) is 8.81. The molecule has 1 aromatic rings. The molecule has 0 saturated heterocycles. The Bertz CT molecular complexity index is 412. The van der Waals surface area contributed by atoms with Gasteiger partial charge in [-0.1, -0.05) is 20.8 Å².